The third-order valence-corrected chi connectivity index (χ3v) is 3.59. The minimum absolute atomic E-state index is 0.0880. The molecule has 104 valence electrons. The summed E-state index contributed by atoms with van der Waals surface area (Å²) in [4.78, 5) is 11.1. The smallest absolute Gasteiger partial charge is 0.304 e. The highest BCUT2D eigenvalue weighted by Crippen LogP contribution is 2.29. The minimum Gasteiger partial charge on any atom is -0.481 e. The van der Waals surface area contributed by atoms with Crippen molar-refractivity contribution in [3.05, 3.63) is 71.3 Å². The van der Waals surface area contributed by atoms with Crippen LogP contribution >= 0.6 is 0 Å². The highest BCUT2D eigenvalue weighted by atomic mass is 16.4. The van der Waals surface area contributed by atoms with Gasteiger partial charge < -0.3 is 5.11 Å². The number of hydrogen-bond donors (Lipinski definition) is 1. The lowest BCUT2D eigenvalue weighted by Gasteiger charge is -2.17. The fraction of sp³-hybridized carbons (Fsp3) is 0.278. The maximum atomic E-state index is 11.1. The van der Waals surface area contributed by atoms with Crippen LogP contribution in [0.3, 0.4) is 0 Å². The molecule has 2 aromatic carbocycles. The van der Waals surface area contributed by atoms with Crippen molar-refractivity contribution in [1.29, 1.82) is 0 Å². The van der Waals surface area contributed by atoms with Gasteiger partial charge in [-0.1, -0.05) is 68.4 Å². The Hall–Kier alpha value is -2.09. The van der Waals surface area contributed by atoms with Gasteiger partial charge in [-0.25, -0.2) is 0 Å². The van der Waals surface area contributed by atoms with Crippen LogP contribution in [0, 0.1) is 0 Å². The Labute approximate surface area is 120 Å². The first-order valence-electron chi connectivity index (χ1n) is 6.94. The van der Waals surface area contributed by atoms with Crippen molar-refractivity contribution in [2.45, 2.75) is 32.1 Å². The van der Waals surface area contributed by atoms with Gasteiger partial charge in [0.2, 0.25) is 0 Å². The lowest BCUT2D eigenvalue weighted by atomic mass is 9.87. The number of rotatable bonds is 5. The molecule has 20 heavy (non-hydrogen) atoms. The van der Waals surface area contributed by atoms with E-state index in [2.05, 4.69) is 38.1 Å². The highest BCUT2D eigenvalue weighted by molar-refractivity contribution is 5.69. The highest BCUT2D eigenvalue weighted by Gasteiger charge is 2.17. The van der Waals surface area contributed by atoms with Crippen molar-refractivity contribution >= 4 is 5.97 Å². The third-order valence-electron chi connectivity index (χ3n) is 3.59. The zero-order valence-electron chi connectivity index (χ0n) is 11.9. The Bertz CT molecular complexity index is 556. The van der Waals surface area contributed by atoms with E-state index in [1.54, 1.807) is 0 Å². The molecule has 0 aromatic heterocycles. The molecule has 2 rings (SSSR count). The Kier molecular flexibility index (Phi) is 4.57. The summed E-state index contributed by atoms with van der Waals surface area (Å²) >= 11 is 0. The van der Waals surface area contributed by atoms with Gasteiger partial charge >= 0.3 is 5.97 Å². The Balaban J connectivity index is 2.34. The van der Waals surface area contributed by atoms with Gasteiger partial charge in [0.05, 0.1) is 6.42 Å². The molecule has 2 aromatic rings. The normalized spacial score (nSPS) is 12.3. The number of aliphatic carboxylic acids is 1. The van der Waals surface area contributed by atoms with E-state index < -0.39 is 5.97 Å². The molecule has 1 N–H and O–H groups in total. The molecule has 0 saturated heterocycles. The minimum atomic E-state index is -0.771. The van der Waals surface area contributed by atoms with E-state index in [9.17, 15) is 4.79 Å². The van der Waals surface area contributed by atoms with Gasteiger partial charge in [0.1, 0.15) is 0 Å². The monoisotopic (exact) mass is 268 g/mol. The van der Waals surface area contributed by atoms with E-state index >= 15 is 0 Å². The summed E-state index contributed by atoms with van der Waals surface area (Å²) < 4.78 is 0. The Morgan fingerprint density at radius 3 is 1.90 bits per heavy atom. The summed E-state index contributed by atoms with van der Waals surface area (Å²) in [5.41, 5.74) is 3.38. The van der Waals surface area contributed by atoms with Crippen molar-refractivity contribution in [3.8, 4) is 0 Å². The molecule has 2 heteroatoms. The van der Waals surface area contributed by atoms with Gasteiger partial charge in [-0.15, -0.1) is 0 Å². The average molecular weight is 268 g/mol. The van der Waals surface area contributed by atoms with Crippen LogP contribution < -0.4 is 0 Å². The average Bonchev–Trinajstić information content (AvgIpc) is 2.45. The second-order valence-electron chi connectivity index (χ2n) is 5.38. The molecule has 2 nitrogen and oxygen atoms in total. The molecule has 0 spiro atoms. The molecule has 1 atom stereocenters. The second-order valence-corrected chi connectivity index (χ2v) is 5.38. The summed E-state index contributed by atoms with van der Waals surface area (Å²) in [7, 11) is 0. The summed E-state index contributed by atoms with van der Waals surface area (Å²) in [5.74, 6) is -0.375. The van der Waals surface area contributed by atoms with Crippen LogP contribution in [0.1, 0.15) is 48.8 Å². The molecule has 0 aliphatic rings. The lowest BCUT2D eigenvalue weighted by Crippen LogP contribution is -2.08. The van der Waals surface area contributed by atoms with Crippen molar-refractivity contribution in [3.63, 3.8) is 0 Å². The SMILES string of the molecule is CC(C)c1ccc(C(CC(=O)O)c2ccccc2)cc1. The van der Waals surface area contributed by atoms with Crippen LogP contribution in [0.25, 0.3) is 0 Å². The molecule has 0 aliphatic carbocycles. The van der Waals surface area contributed by atoms with E-state index in [-0.39, 0.29) is 12.3 Å². The predicted octanol–water partition coefficient (Wildman–Crippen LogP) is 4.42. The predicted molar refractivity (Wildman–Crippen MR) is 81.1 cm³/mol. The lowest BCUT2D eigenvalue weighted by molar-refractivity contribution is -0.137. The number of carbonyl (C=O) groups is 1. The molecule has 0 fully saturated rings. The van der Waals surface area contributed by atoms with Crippen LogP contribution in [0.5, 0.6) is 0 Å². The van der Waals surface area contributed by atoms with Crippen LogP contribution in [-0.4, -0.2) is 11.1 Å². The van der Waals surface area contributed by atoms with E-state index in [0.29, 0.717) is 5.92 Å². The summed E-state index contributed by atoms with van der Waals surface area (Å²) in [6.45, 7) is 4.31. The number of benzene rings is 2. The standard InChI is InChI=1S/C18H20O2/c1-13(2)14-8-10-16(11-9-14)17(12-18(19)20)15-6-4-3-5-7-15/h3-11,13,17H,12H2,1-2H3,(H,19,20). The van der Waals surface area contributed by atoms with Gasteiger partial charge in [0.15, 0.2) is 0 Å². The molecule has 0 heterocycles. The van der Waals surface area contributed by atoms with Gasteiger partial charge in [-0.05, 0) is 22.6 Å². The molecule has 0 amide bonds. The third kappa shape index (κ3) is 3.47. The van der Waals surface area contributed by atoms with Gasteiger partial charge in [0.25, 0.3) is 0 Å². The van der Waals surface area contributed by atoms with E-state index in [1.807, 2.05) is 30.3 Å². The van der Waals surface area contributed by atoms with Gasteiger partial charge in [0, 0.05) is 5.92 Å². The molecule has 0 saturated carbocycles. The zero-order chi connectivity index (χ0) is 14.5. The van der Waals surface area contributed by atoms with Gasteiger partial charge in [-0.2, -0.15) is 0 Å². The summed E-state index contributed by atoms with van der Waals surface area (Å²) in [5, 5.41) is 9.15. The fourth-order valence-electron chi connectivity index (χ4n) is 2.40. The quantitative estimate of drug-likeness (QED) is 0.871. The van der Waals surface area contributed by atoms with Gasteiger partial charge in [-0.3, -0.25) is 4.79 Å². The number of carboxylic acid groups (broad SMARTS) is 1. The van der Waals surface area contributed by atoms with E-state index in [4.69, 9.17) is 5.11 Å². The van der Waals surface area contributed by atoms with Crippen molar-refractivity contribution in [2.24, 2.45) is 0 Å². The first-order chi connectivity index (χ1) is 9.58. The maximum absolute atomic E-state index is 11.1. The van der Waals surface area contributed by atoms with Crippen molar-refractivity contribution < 1.29 is 9.90 Å². The topological polar surface area (TPSA) is 37.3 Å². The molecule has 0 aliphatic heterocycles. The Morgan fingerprint density at radius 1 is 0.900 bits per heavy atom. The Morgan fingerprint density at radius 2 is 1.40 bits per heavy atom. The zero-order valence-corrected chi connectivity index (χ0v) is 11.9. The second kappa shape index (κ2) is 6.38. The van der Waals surface area contributed by atoms with E-state index in [1.165, 1.54) is 5.56 Å². The first kappa shape index (κ1) is 14.3. The molecular weight excluding hydrogens is 248 g/mol. The molecule has 0 bridgehead atoms. The van der Waals surface area contributed by atoms with E-state index in [0.717, 1.165) is 11.1 Å². The van der Waals surface area contributed by atoms with Crippen LogP contribution in [0.2, 0.25) is 0 Å². The van der Waals surface area contributed by atoms with Crippen LogP contribution in [-0.2, 0) is 4.79 Å². The first-order valence-corrected chi connectivity index (χ1v) is 6.94. The maximum Gasteiger partial charge on any atom is 0.304 e. The summed E-state index contributed by atoms with van der Waals surface area (Å²) in [6.07, 6.45) is 0.116. The van der Waals surface area contributed by atoms with Crippen molar-refractivity contribution in [2.75, 3.05) is 0 Å². The molecular formula is C18H20O2. The molecule has 1 unspecified atom stereocenters. The summed E-state index contributed by atoms with van der Waals surface area (Å²) in [6, 6.07) is 18.1. The fourth-order valence-corrected chi connectivity index (χ4v) is 2.40. The number of carboxylic acids is 1. The van der Waals surface area contributed by atoms with Crippen LogP contribution in [0.4, 0.5) is 0 Å². The van der Waals surface area contributed by atoms with Crippen LogP contribution in [0.15, 0.2) is 54.6 Å². The number of hydrogen-bond acceptors (Lipinski definition) is 1. The largest absolute Gasteiger partial charge is 0.481 e. The molecule has 0 radical (unpaired) electrons. The van der Waals surface area contributed by atoms with Crippen molar-refractivity contribution in [1.82, 2.24) is 0 Å².